The fourth-order valence-electron chi connectivity index (χ4n) is 13.8. The number of likely N-dealkylation sites (tertiary alicyclic amines) is 1. The van der Waals surface area contributed by atoms with Gasteiger partial charge in [-0.15, -0.1) is 0 Å². The molecule has 4 aromatic heterocycles. The number of pyridine rings is 1. The maximum absolute atomic E-state index is 11.5. The lowest BCUT2D eigenvalue weighted by atomic mass is 9.89. The number of piperidine rings is 1. The number of aromatic amines is 2. The van der Waals surface area contributed by atoms with Gasteiger partial charge in [-0.25, -0.2) is 24.5 Å². The van der Waals surface area contributed by atoms with E-state index in [9.17, 15) is 33.6 Å². The summed E-state index contributed by atoms with van der Waals surface area (Å²) >= 11 is 0. The highest BCUT2D eigenvalue weighted by atomic mass is 16.4. The molecule has 4 aliphatic rings. The first-order valence-electron chi connectivity index (χ1n) is 52.7. The number of nitrogens with one attached hydrogen (secondary N) is 9. The Balaban J connectivity index is -0.000000705. The summed E-state index contributed by atoms with van der Waals surface area (Å²) in [4.78, 5) is 112. The van der Waals surface area contributed by atoms with E-state index >= 15 is 0 Å². The van der Waals surface area contributed by atoms with Crippen molar-refractivity contribution in [2.45, 2.75) is 366 Å². The molecule has 788 valence electrons. The number of aliphatic carboxylic acids is 3. The summed E-state index contributed by atoms with van der Waals surface area (Å²) in [6.07, 6.45) is 57.0. The monoisotopic (exact) mass is 1920 g/mol. The fourth-order valence-corrected chi connectivity index (χ4v) is 13.8. The molecule has 4 fully saturated rings. The summed E-state index contributed by atoms with van der Waals surface area (Å²) in [7, 11) is 1.51. The first-order valence-corrected chi connectivity index (χ1v) is 52.7. The second-order valence-electron chi connectivity index (χ2n) is 35.1. The number of aromatic nitrogens is 7. The number of H-pyrrole nitrogens is 2. The van der Waals surface area contributed by atoms with E-state index < -0.39 is 35.9 Å². The number of aliphatic hydroxyl groups excluding tert-OH is 1. The summed E-state index contributed by atoms with van der Waals surface area (Å²) in [6, 6.07) is 2.95. The van der Waals surface area contributed by atoms with Crippen LogP contribution in [0, 0.1) is 0 Å². The topological polar surface area (TPSA) is 433 Å². The molecule has 1 saturated carbocycles. The lowest BCUT2D eigenvalue weighted by Gasteiger charge is -2.34. The van der Waals surface area contributed by atoms with Gasteiger partial charge in [0.05, 0.1) is 32.1 Å². The highest BCUT2D eigenvalue weighted by Gasteiger charge is 2.23. The molecule has 1 aliphatic carbocycles. The molecule has 136 heavy (non-hydrogen) atoms. The van der Waals surface area contributed by atoms with Crippen LogP contribution in [0.1, 0.15) is 326 Å². The quantitative estimate of drug-likeness (QED) is 0.0144. The molecule has 0 bridgehead atoms. The molecule has 8 rings (SSSR count). The van der Waals surface area contributed by atoms with Crippen molar-refractivity contribution in [2.24, 2.45) is 0 Å². The summed E-state index contributed by atoms with van der Waals surface area (Å²) in [5.74, 6) is -4.50. The number of aryl methyl sites for hydroxylation is 2. The number of amides is 4. The van der Waals surface area contributed by atoms with Crippen LogP contribution in [0.3, 0.4) is 0 Å². The van der Waals surface area contributed by atoms with E-state index in [-0.39, 0.29) is 64.2 Å². The maximum Gasteiger partial charge on any atom is 0.373 e. The van der Waals surface area contributed by atoms with E-state index in [0.29, 0.717) is 37.3 Å². The van der Waals surface area contributed by atoms with Gasteiger partial charge in [0.2, 0.25) is 23.6 Å². The van der Waals surface area contributed by atoms with Crippen LogP contribution in [0.25, 0.3) is 0 Å². The van der Waals surface area contributed by atoms with Crippen molar-refractivity contribution in [1.29, 1.82) is 0 Å². The van der Waals surface area contributed by atoms with Crippen LogP contribution in [0.4, 0.5) is 0 Å². The van der Waals surface area contributed by atoms with Crippen molar-refractivity contribution >= 4 is 55.6 Å². The molecule has 15 N–H and O–H groups in total. The van der Waals surface area contributed by atoms with Crippen LogP contribution in [-0.4, -0.2) is 326 Å². The van der Waals surface area contributed by atoms with Crippen molar-refractivity contribution in [3.63, 3.8) is 0 Å². The van der Waals surface area contributed by atoms with Crippen LogP contribution >= 0.6 is 0 Å². The second kappa shape index (κ2) is 101. The van der Waals surface area contributed by atoms with Gasteiger partial charge in [-0.1, -0.05) is 193 Å². The zero-order valence-electron chi connectivity index (χ0n) is 88.6. The number of hydrogen-bond acceptors (Lipinski definition) is 23. The Hall–Kier alpha value is -7.28. The van der Waals surface area contributed by atoms with E-state index in [4.69, 9.17) is 30.5 Å². The minimum absolute atomic E-state index is 0.1000. The van der Waals surface area contributed by atoms with Crippen LogP contribution in [0.2, 0.25) is 13.6 Å². The number of carbonyl (C=O) groups excluding carboxylic acids is 4. The summed E-state index contributed by atoms with van der Waals surface area (Å²) < 4.78 is 2.10. The standard InChI is InChI=1S/C12H27N.C11H16N4O4.C10H15N3O3.C10H22N2O.C10H21N.C8H20BNO.C8H18N2.C8H17N.C7H12N2.C7H9N.C5H14BNO.C5H9NO3/c1-4-7-10-13(11-8-5-2)12-9-6-3;1-2-9(16)13-5-10(17)15-8(11(18)19)3-7-4-12-6-14-7;1-2-3-9(14)13-8(10(15)16)4-7-5-11-6-12-7;1-2-3-4-11-5-7-12(8-6-11)9-10-13;1-2-3-9-11-10-7-5-4-6-8-10;1-3-4-5-6-7-8-10-9(2)11;1-3-4-10-7-5-9(2)6-8-10;1-2-6-9-7-4-3-5-8-9;1-2-3-5-9-6-4-8-7-9;1-2-7-3-5-8-6-4-7;1-3-4-5-7-6(2)8;1-2-4(7)6-3-5(8)9/h4-12H2,1-3H3;4,6,8H,2-3,5H2,1H3,(H,12,14)(H,13,16)(H,15,17)(H,18,19);5-6,8H,2-4H2,1H3,(H,11,12)(H,13,14)(H,15,16);13H,2-10H2,1H3;10-11H,2-9H2,1H3;10-11H,3-8H2,1-2H3;3-8H2,1-2H3;2-8H2,1H3;4,6-7H,2-3,5H2,1H3;3-6H,2H2,1H3;7-8H,3-5H2,1-2H3;2-3H2,1H3,(H,6,7)(H,8,9). The van der Waals surface area contributed by atoms with Crippen LogP contribution < -0.4 is 37.0 Å². The van der Waals surface area contributed by atoms with Gasteiger partial charge in [-0.3, -0.25) is 33.9 Å². The van der Waals surface area contributed by atoms with Crippen molar-refractivity contribution in [2.75, 3.05) is 158 Å². The molecule has 3 aliphatic heterocycles. The maximum atomic E-state index is 11.5. The second-order valence-corrected chi connectivity index (χ2v) is 35.1. The average Bonchev–Trinajstić information content (AvgIpc) is 1.70. The molecule has 3 saturated heterocycles. The highest BCUT2D eigenvalue weighted by Crippen LogP contribution is 2.18. The van der Waals surface area contributed by atoms with Gasteiger partial charge >= 0.3 is 32.0 Å². The lowest BCUT2D eigenvalue weighted by molar-refractivity contribution is -0.142. The average molecular weight is 1920 g/mol. The number of rotatable bonds is 53. The van der Waals surface area contributed by atoms with Crippen molar-refractivity contribution in [3.8, 4) is 0 Å². The van der Waals surface area contributed by atoms with E-state index in [2.05, 4.69) is 184 Å². The number of hydrogen-bond donors (Lipinski definition) is 15. The number of aliphatic hydroxyl groups is 1. The highest BCUT2D eigenvalue weighted by molar-refractivity contribution is 6.45. The zero-order valence-corrected chi connectivity index (χ0v) is 88.6. The lowest BCUT2D eigenvalue weighted by Crippen LogP contribution is -2.47. The zero-order chi connectivity index (χ0) is 102. The van der Waals surface area contributed by atoms with E-state index in [0.717, 1.165) is 58.2 Å². The van der Waals surface area contributed by atoms with Gasteiger partial charge in [0.25, 0.3) is 0 Å². The smallest absolute Gasteiger partial charge is 0.373 e. The SMILES string of the molecule is CCC(=O)NCC(=O)NC(Cc1cnc[nH]1)C(=O)O.CCC(=O)NCC(=O)O.CCCC(=O)NC(Cc1cnc[nH]1)C(=O)O.CCCCCCCNB(C)O.CCCCN(CCCC)CCCC.CCCCN1CCN(CCO)CC1.CCCCNB(C)O.CCCCNC1CCCCC1.CCCCn1ccnc1.CCCN1CCCCC1.CCCN1CCN(C)CC1.CCc1ccncc1. The summed E-state index contributed by atoms with van der Waals surface area (Å²) in [5, 5.41) is 71.1. The van der Waals surface area contributed by atoms with Crippen LogP contribution in [0.5, 0.6) is 0 Å². The van der Waals surface area contributed by atoms with Crippen molar-refractivity contribution in [1.82, 2.24) is 101 Å². The Labute approximate surface area is 825 Å². The molecule has 35 heteroatoms. The number of β-amino-alcohol motifs (C(OH)–C–C–N with tert-alkyl or cyclic N) is 1. The molecule has 7 heterocycles. The number of unbranched alkanes of at least 4 members (excludes halogenated alkanes) is 11. The number of imidazole rings is 3. The van der Waals surface area contributed by atoms with Crippen molar-refractivity contribution < 1.29 is 64.0 Å². The minimum atomic E-state index is -1.15. The first kappa shape index (κ1) is 135. The van der Waals surface area contributed by atoms with Gasteiger partial charge in [0, 0.05) is 152 Å². The van der Waals surface area contributed by atoms with Gasteiger partial charge in [0.1, 0.15) is 18.6 Å². The van der Waals surface area contributed by atoms with Gasteiger partial charge in [-0.05, 0) is 213 Å². The van der Waals surface area contributed by atoms with E-state index in [1.165, 1.54) is 302 Å². The number of carboxylic acid groups (broad SMARTS) is 3. The Morgan fingerprint density at radius 3 is 1.29 bits per heavy atom. The number of nitrogens with zero attached hydrogens (tertiary/aromatic N) is 11. The van der Waals surface area contributed by atoms with E-state index in [1.54, 1.807) is 33.7 Å². The van der Waals surface area contributed by atoms with Gasteiger partial charge < -0.3 is 107 Å². The molecule has 0 spiro atoms. The van der Waals surface area contributed by atoms with Gasteiger partial charge in [-0.2, -0.15) is 0 Å². The third kappa shape index (κ3) is 91.8. The predicted molar refractivity (Wildman–Crippen MR) is 562 cm³/mol. The Morgan fingerprint density at radius 1 is 0.449 bits per heavy atom. The molecule has 2 unspecified atom stereocenters. The molecular weight excluding hydrogens is 1720 g/mol. The normalized spacial score (nSPS) is 14.1. The predicted octanol–water partition coefficient (Wildman–Crippen LogP) is 13.8. The molecule has 33 nitrogen and oxygen atoms in total. The number of carbonyl (C=O) groups is 7. The van der Waals surface area contributed by atoms with Crippen molar-refractivity contribution in [3.05, 3.63) is 85.2 Å². The summed E-state index contributed by atoms with van der Waals surface area (Å²) in [5.41, 5.74) is 2.63. The molecule has 2 atom stereocenters. The fraction of sp³-hybridized carbons (Fsp3) is 0.792. The first-order chi connectivity index (χ1) is 65.6. The Morgan fingerprint density at radius 2 is 0.882 bits per heavy atom. The third-order valence-electron chi connectivity index (χ3n) is 22.3. The van der Waals surface area contributed by atoms with E-state index in [1.807, 2.05) is 50.2 Å². The van der Waals surface area contributed by atoms with Crippen LogP contribution in [-0.2, 0) is 59.4 Å². The molecule has 0 radical (unpaired) electrons. The number of carboxylic acids is 3. The number of likely N-dealkylation sites (N-methyl/N-ethyl adjacent to an activating group) is 1. The largest absolute Gasteiger partial charge is 0.480 e. The van der Waals surface area contributed by atoms with Gasteiger partial charge in [0.15, 0.2) is 0 Å². The molecular formula is C101H200B2N20O13. The third-order valence-corrected chi connectivity index (χ3v) is 22.3. The van der Waals surface area contributed by atoms with Crippen LogP contribution in [0.15, 0.2) is 68.3 Å². The minimum Gasteiger partial charge on any atom is -0.480 e. The summed E-state index contributed by atoms with van der Waals surface area (Å²) in [6.45, 7) is 58.2. The molecule has 4 amide bonds. The molecule has 4 aromatic rings. The number of piperazine rings is 2. The Kier molecular flexibility index (Phi) is 99.9. The molecule has 0 aromatic carbocycles. The Bertz CT molecular complexity index is 3190.